The van der Waals surface area contributed by atoms with E-state index >= 15 is 0 Å². The molecule has 8 aromatic rings. The first-order valence-electron chi connectivity index (χ1n) is 18.3. The third kappa shape index (κ3) is 10.7. The molecule has 0 aliphatic carbocycles. The molecule has 0 unspecified atom stereocenters. The Morgan fingerprint density at radius 1 is 0.524 bits per heavy atom. The minimum Gasteiger partial charge on any atom is -0.857 e. The second-order valence-electron chi connectivity index (χ2n) is 13.2. The Morgan fingerprint density at radius 2 is 0.873 bits per heavy atom. The Labute approximate surface area is 370 Å². The topological polar surface area (TPSA) is 276 Å². The molecule has 1 radical (unpaired) electrons. The van der Waals surface area contributed by atoms with E-state index < -0.39 is 31.8 Å². The maximum atomic E-state index is 12.6. The zero-order valence-corrected chi connectivity index (χ0v) is 36.0. The third-order valence-electron chi connectivity index (χ3n) is 8.54. The number of hydrogen-bond donors (Lipinski definition) is 2. The van der Waals surface area contributed by atoms with E-state index in [4.69, 9.17) is 9.05 Å². The summed E-state index contributed by atoms with van der Waals surface area (Å²) < 4.78 is 66.6. The molecular formula is C40H34CuN12O8S2. The summed E-state index contributed by atoms with van der Waals surface area (Å²) >= 11 is 0. The summed E-state index contributed by atoms with van der Waals surface area (Å²) in [5.41, 5.74) is 3.10. The molecule has 0 aliphatic rings. The minimum absolute atomic E-state index is 0. The van der Waals surface area contributed by atoms with Gasteiger partial charge in [-0.15, -0.1) is 10.2 Å². The fourth-order valence-electron chi connectivity index (χ4n) is 5.54. The van der Waals surface area contributed by atoms with Crippen LogP contribution in [-0.2, 0) is 37.1 Å². The van der Waals surface area contributed by atoms with Gasteiger partial charge < -0.3 is 19.3 Å². The van der Waals surface area contributed by atoms with Gasteiger partial charge in [0.05, 0.1) is 43.9 Å². The molecule has 325 valence electrons. The number of benzene rings is 4. The quantitative estimate of drug-likeness (QED) is 0.0888. The number of aryl methyl sites for hydroxylation is 4. The van der Waals surface area contributed by atoms with Crippen LogP contribution in [0.15, 0.2) is 161 Å². The van der Waals surface area contributed by atoms with E-state index in [9.17, 15) is 27.0 Å². The van der Waals surface area contributed by atoms with Crippen LogP contribution in [0.5, 0.6) is 11.8 Å². The van der Waals surface area contributed by atoms with E-state index in [1.54, 1.807) is 76.2 Å². The van der Waals surface area contributed by atoms with Gasteiger partial charge >= 0.3 is 17.1 Å². The fraction of sp³-hybridized carbons (Fsp3) is 0.100. The molecule has 0 atom stereocenters. The number of anilines is 2. The van der Waals surface area contributed by atoms with E-state index in [2.05, 4.69) is 50.4 Å². The van der Waals surface area contributed by atoms with Gasteiger partial charge in [0.2, 0.25) is 0 Å². The van der Waals surface area contributed by atoms with Gasteiger partial charge in [0.1, 0.15) is 22.9 Å². The molecular weight excluding hydrogens is 904 g/mol. The minimum atomic E-state index is -3.83. The van der Waals surface area contributed by atoms with Gasteiger partial charge in [-0.1, -0.05) is 46.7 Å². The van der Waals surface area contributed by atoms with Crippen molar-refractivity contribution in [2.75, 3.05) is 9.44 Å². The zero-order chi connectivity index (χ0) is 44.0. The molecule has 0 saturated heterocycles. The van der Waals surface area contributed by atoms with Gasteiger partial charge in [0, 0.05) is 23.9 Å². The summed E-state index contributed by atoms with van der Waals surface area (Å²) in [5, 5.41) is 57.1. The van der Waals surface area contributed by atoms with Crippen LogP contribution in [0.1, 0.15) is 22.9 Å². The standard InChI is InChI=1S/2C20H18N6O4S.Cu/c2*1-13-12-18(24-30-13)25-31(28,29)17-10-8-15(9-11-17)21-22-19-14(2)23-26(20(19)27)16-6-4-3-5-7-16;/h2*3-12,27H,1-2H3,(H,24,25);/q;;+2/p-2. The van der Waals surface area contributed by atoms with Crippen LogP contribution in [0.3, 0.4) is 0 Å². The first-order valence-corrected chi connectivity index (χ1v) is 21.2. The van der Waals surface area contributed by atoms with E-state index in [1.165, 1.54) is 70.0 Å². The Hall–Kier alpha value is -7.46. The SMILES string of the molecule is Cc1cc(NS(=O)(=O)c2ccc(N=Nc3c(C)nn(-c4ccccc4)c3[O-])cc2)no1.Cc1cc(NS(=O)(=O)c2ccc(N=Nc3c(C)nn(-c4ccccc4)c3[O-])cc2)no1.[Cu+2]. The van der Waals surface area contributed by atoms with Gasteiger partial charge in [0.25, 0.3) is 20.0 Å². The van der Waals surface area contributed by atoms with Crippen molar-refractivity contribution in [1.29, 1.82) is 0 Å². The van der Waals surface area contributed by atoms with Crippen LogP contribution in [-0.4, -0.2) is 46.7 Å². The molecule has 4 aromatic heterocycles. The summed E-state index contributed by atoms with van der Waals surface area (Å²) in [6.07, 6.45) is 0. The molecule has 8 rings (SSSR count). The van der Waals surface area contributed by atoms with Crippen molar-refractivity contribution in [2.45, 2.75) is 37.5 Å². The maximum absolute atomic E-state index is 12.6. The van der Waals surface area contributed by atoms with Gasteiger partial charge in [-0.25, -0.2) is 26.2 Å². The van der Waals surface area contributed by atoms with Crippen molar-refractivity contribution in [3.8, 4) is 23.1 Å². The summed E-state index contributed by atoms with van der Waals surface area (Å²) in [6, 6.07) is 32.3. The number of azo groups is 2. The van der Waals surface area contributed by atoms with Crippen molar-refractivity contribution in [1.82, 2.24) is 29.9 Å². The van der Waals surface area contributed by atoms with Crippen molar-refractivity contribution >= 4 is 54.4 Å². The number of nitrogens with one attached hydrogen (secondary N) is 2. The molecule has 0 saturated carbocycles. The van der Waals surface area contributed by atoms with E-state index in [1.807, 2.05) is 12.1 Å². The molecule has 4 heterocycles. The number of rotatable bonds is 12. The predicted molar refractivity (Wildman–Crippen MR) is 221 cm³/mol. The van der Waals surface area contributed by atoms with E-state index in [-0.39, 0.29) is 49.9 Å². The average molecular weight is 938 g/mol. The number of sulfonamides is 2. The second kappa shape index (κ2) is 19.1. The number of aromatic nitrogens is 6. The molecule has 0 aliphatic heterocycles. The van der Waals surface area contributed by atoms with E-state index in [0.717, 1.165) is 0 Å². The monoisotopic (exact) mass is 937 g/mol. The van der Waals surface area contributed by atoms with Crippen molar-refractivity contribution in [3.63, 3.8) is 0 Å². The molecule has 23 heteroatoms. The fourth-order valence-corrected chi connectivity index (χ4v) is 7.50. The van der Waals surface area contributed by atoms with Crippen molar-refractivity contribution < 1.29 is 53.2 Å². The summed E-state index contributed by atoms with van der Waals surface area (Å²) in [5.74, 6) is 0.372. The van der Waals surface area contributed by atoms with E-state index in [0.29, 0.717) is 45.7 Å². The molecule has 4 aromatic carbocycles. The van der Waals surface area contributed by atoms with Crippen LogP contribution in [0.4, 0.5) is 34.4 Å². The van der Waals surface area contributed by atoms with Crippen molar-refractivity contribution in [3.05, 3.63) is 144 Å². The Kier molecular flexibility index (Phi) is 13.6. The maximum Gasteiger partial charge on any atom is 2.00 e. The molecule has 63 heavy (non-hydrogen) atoms. The van der Waals surface area contributed by atoms with Crippen LogP contribution < -0.4 is 19.7 Å². The molecule has 2 N–H and O–H groups in total. The Bertz CT molecular complexity index is 2900. The van der Waals surface area contributed by atoms with Crippen molar-refractivity contribution in [2.24, 2.45) is 20.5 Å². The van der Waals surface area contributed by atoms with Crippen LogP contribution in [0.2, 0.25) is 0 Å². The zero-order valence-electron chi connectivity index (χ0n) is 33.4. The van der Waals surface area contributed by atoms with Crippen LogP contribution in [0, 0.1) is 27.7 Å². The largest absolute Gasteiger partial charge is 2.00 e. The number of para-hydroxylation sites is 2. The molecule has 0 spiro atoms. The molecule has 0 fully saturated rings. The summed E-state index contributed by atoms with van der Waals surface area (Å²) in [6.45, 7) is 6.65. The summed E-state index contributed by atoms with van der Waals surface area (Å²) in [7, 11) is -7.67. The van der Waals surface area contributed by atoms with Crippen LogP contribution >= 0.6 is 0 Å². The van der Waals surface area contributed by atoms with Crippen LogP contribution in [0.25, 0.3) is 11.4 Å². The second-order valence-corrected chi connectivity index (χ2v) is 16.6. The normalized spacial score (nSPS) is 11.6. The Balaban J connectivity index is 0.000000206. The molecule has 0 amide bonds. The first kappa shape index (κ1) is 45.1. The number of nitrogens with zero attached hydrogens (tertiary/aromatic N) is 10. The Morgan fingerprint density at radius 3 is 1.19 bits per heavy atom. The first-order chi connectivity index (χ1) is 29.7. The smallest absolute Gasteiger partial charge is 0.857 e. The average Bonchev–Trinajstić information content (AvgIpc) is 4.01. The van der Waals surface area contributed by atoms with Gasteiger partial charge in [0.15, 0.2) is 11.6 Å². The molecule has 20 nitrogen and oxygen atoms in total. The summed E-state index contributed by atoms with van der Waals surface area (Å²) in [4.78, 5) is 0.0365. The third-order valence-corrected chi connectivity index (χ3v) is 11.3. The van der Waals surface area contributed by atoms with Gasteiger partial charge in [-0.2, -0.15) is 20.4 Å². The van der Waals surface area contributed by atoms with Gasteiger partial charge in [-0.3, -0.25) is 9.44 Å². The predicted octanol–water partition coefficient (Wildman–Crippen LogP) is 7.53. The number of hydrogen-bond acceptors (Lipinski definition) is 16. The molecule has 0 bridgehead atoms. The van der Waals surface area contributed by atoms with Gasteiger partial charge in [-0.05, 0) is 100 Å².